The standard InChI is InChI=1S/C14H18BrNO/c1-11-3-2-9-16(10-8-11)14(17)12-4-6-13(15)7-5-12/h4-7,11H,2-3,8-10H2,1H3. The summed E-state index contributed by atoms with van der Waals surface area (Å²) in [6, 6.07) is 7.63. The second-order valence-corrected chi connectivity index (χ2v) is 5.75. The maximum absolute atomic E-state index is 12.3. The summed E-state index contributed by atoms with van der Waals surface area (Å²) in [5.74, 6) is 0.921. The first kappa shape index (κ1) is 12.6. The maximum atomic E-state index is 12.3. The summed E-state index contributed by atoms with van der Waals surface area (Å²) >= 11 is 3.39. The average Bonchev–Trinajstić information content (AvgIpc) is 2.54. The van der Waals surface area contributed by atoms with Gasteiger partial charge in [0.2, 0.25) is 0 Å². The van der Waals surface area contributed by atoms with Gasteiger partial charge >= 0.3 is 0 Å². The van der Waals surface area contributed by atoms with Gasteiger partial charge < -0.3 is 4.90 Å². The highest BCUT2D eigenvalue weighted by molar-refractivity contribution is 9.10. The molecule has 1 aliphatic rings. The van der Waals surface area contributed by atoms with Gasteiger partial charge in [-0.05, 0) is 49.4 Å². The van der Waals surface area contributed by atoms with Crippen molar-refractivity contribution in [2.75, 3.05) is 13.1 Å². The molecule has 0 spiro atoms. The monoisotopic (exact) mass is 295 g/mol. The fourth-order valence-electron chi connectivity index (χ4n) is 2.24. The summed E-state index contributed by atoms with van der Waals surface area (Å²) in [5, 5.41) is 0. The van der Waals surface area contributed by atoms with E-state index in [2.05, 4.69) is 22.9 Å². The predicted molar refractivity (Wildman–Crippen MR) is 73.1 cm³/mol. The predicted octanol–water partition coefficient (Wildman–Crippen LogP) is 3.71. The van der Waals surface area contributed by atoms with Gasteiger partial charge in [-0.2, -0.15) is 0 Å². The van der Waals surface area contributed by atoms with Crippen molar-refractivity contribution < 1.29 is 4.79 Å². The van der Waals surface area contributed by atoms with E-state index in [0.29, 0.717) is 0 Å². The van der Waals surface area contributed by atoms with Crippen molar-refractivity contribution in [3.63, 3.8) is 0 Å². The van der Waals surface area contributed by atoms with Crippen LogP contribution < -0.4 is 0 Å². The van der Waals surface area contributed by atoms with Crippen molar-refractivity contribution >= 4 is 21.8 Å². The molecule has 2 rings (SSSR count). The zero-order chi connectivity index (χ0) is 12.3. The number of likely N-dealkylation sites (tertiary alicyclic amines) is 1. The highest BCUT2D eigenvalue weighted by Crippen LogP contribution is 2.19. The minimum absolute atomic E-state index is 0.173. The molecule has 0 aromatic heterocycles. The van der Waals surface area contributed by atoms with Gasteiger partial charge in [-0.25, -0.2) is 0 Å². The molecule has 1 aromatic rings. The van der Waals surface area contributed by atoms with Crippen LogP contribution in [-0.2, 0) is 0 Å². The molecule has 0 radical (unpaired) electrons. The normalized spacial score (nSPS) is 21.1. The number of carbonyl (C=O) groups excluding carboxylic acids is 1. The number of nitrogens with zero attached hydrogens (tertiary/aromatic N) is 1. The van der Waals surface area contributed by atoms with Crippen molar-refractivity contribution in [2.45, 2.75) is 26.2 Å². The van der Waals surface area contributed by atoms with Crippen LogP contribution in [0, 0.1) is 5.92 Å². The fourth-order valence-corrected chi connectivity index (χ4v) is 2.51. The van der Waals surface area contributed by atoms with Crippen LogP contribution in [0.25, 0.3) is 0 Å². The first-order chi connectivity index (χ1) is 8.16. The molecule has 1 atom stereocenters. The molecule has 1 aliphatic heterocycles. The number of carbonyl (C=O) groups is 1. The molecular weight excluding hydrogens is 278 g/mol. The van der Waals surface area contributed by atoms with Gasteiger partial charge in [0.05, 0.1) is 0 Å². The Morgan fingerprint density at radius 1 is 1.24 bits per heavy atom. The van der Waals surface area contributed by atoms with E-state index in [4.69, 9.17) is 0 Å². The zero-order valence-corrected chi connectivity index (χ0v) is 11.7. The summed E-state index contributed by atoms with van der Waals surface area (Å²) in [7, 11) is 0. The van der Waals surface area contributed by atoms with Crippen LogP contribution in [-0.4, -0.2) is 23.9 Å². The van der Waals surface area contributed by atoms with Crippen LogP contribution in [0.1, 0.15) is 36.5 Å². The third-order valence-electron chi connectivity index (χ3n) is 3.40. The SMILES string of the molecule is CC1CCCN(C(=O)c2ccc(Br)cc2)CC1. The number of amides is 1. The molecule has 1 unspecified atom stereocenters. The van der Waals surface area contributed by atoms with E-state index < -0.39 is 0 Å². The number of hydrogen-bond donors (Lipinski definition) is 0. The summed E-state index contributed by atoms with van der Waals surface area (Å²) in [4.78, 5) is 14.3. The Morgan fingerprint density at radius 2 is 1.94 bits per heavy atom. The van der Waals surface area contributed by atoms with Gasteiger partial charge in [0.1, 0.15) is 0 Å². The van der Waals surface area contributed by atoms with Crippen LogP contribution in [0.5, 0.6) is 0 Å². The Bertz CT molecular complexity index is 388. The topological polar surface area (TPSA) is 20.3 Å². The molecule has 92 valence electrons. The van der Waals surface area contributed by atoms with E-state index in [1.54, 1.807) is 0 Å². The maximum Gasteiger partial charge on any atom is 0.253 e. The van der Waals surface area contributed by atoms with E-state index in [0.717, 1.165) is 41.9 Å². The molecule has 1 amide bonds. The molecule has 0 N–H and O–H groups in total. The summed E-state index contributed by atoms with van der Waals surface area (Å²) in [6.45, 7) is 4.07. The Hall–Kier alpha value is -0.830. The minimum Gasteiger partial charge on any atom is -0.339 e. The van der Waals surface area contributed by atoms with Crippen LogP contribution in [0.3, 0.4) is 0 Å². The minimum atomic E-state index is 0.173. The van der Waals surface area contributed by atoms with Crippen LogP contribution in [0.4, 0.5) is 0 Å². The Kier molecular flexibility index (Phi) is 4.21. The molecule has 0 bridgehead atoms. The van der Waals surface area contributed by atoms with Crippen molar-refractivity contribution in [3.05, 3.63) is 34.3 Å². The third kappa shape index (κ3) is 3.32. The van der Waals surface area contributed by atoms with E-state index in [-0.39, 0.29) is 5.91 Å². The quantitative estimate of drug-likeness (QED) is 0.773. The van der Waals surface area contributed by atoms with Gasteiger partial charge in [-0.3, -0.25) is 4.79 Å². The molecule has 17 heavy (non-hydrogen) atoms. The van der Waals surface area contributed by atoms with Gasteiger partial charge in [-0.1, -0.05) is 22.9 Å². The average molecular weight is 296 g/mol. The lowest BCUT2D eigenvalue weighted by atomic mass is 10.0. The van der Waals surface area contributed by atoms with E-state index in [1.807, 2.05) is 29.2 Å². The number of rotatable bonds is 1. The van der Waals surface area contributed by atoms with Crippen molar-refractivity contribution in [1.82, 2.24) is 4.90 Å². The van der Waals surface area contributed by atoms with E-state index >= 15 is 0 Å². The highest BCUT2D eigenvalue weighted by Gasteiger charge is 2.19. The van der Waals surface area contributed by atoms with Gasteiger partial charge in [0.15, 0.2) is 0 Å². The van der Waals surface area contributed by atoms with E-state index in [1.165, 1.54) is 6.42 Å². The molecule has 3 heteroatoms. The molecular formula is C14H18BrNO. The van der Waals surface area contributed by atoms with Crippen LogP contribution >= 0.6 is 15.9 Å². The second-order valence-electron chi connectivity index (χ2n) is 4.84. The Balaban J connectivity index is 2.06. The summed E-state index contributed by atoms with van der Waals surface area (Å²) < 4.78 is 1.01. The number of halogens is 1. The molecule has 1 fully saturated rings. The van der Waals surface area contributed by atoms with Gasteiger partial charge in [0.25, 0.3) is 5.91 Å². The fraction of sp³-hybridized carbons (Fsp3) is 0.500. The number of hydrogen-bond acceptors (Lipinski definition) is 1. The van der Waals surface area contributed by atoms with Gasteiger partial charge in [-0.15, -0.1) is 0 Å². The lowest BCUT2D eigenvalue weighted by Crippen LogP contribution is -2.31. The van der Waals surface area contributed by atoms with Crippen molar-refractivity contribution in [1.29, 1.82) is 0 Å². The molecule has 1 aromatic carbocycles. The van der Waals surface area contributed by atoms with Crippen molar-refractivity contribution in [3.8, 4) is 0 Å². The molecule has 1 saturated heterocycles. The molecule has 0 aliphatic carbocycles. The summed E-state index contributed by atoms with van der Waals surface area (Å²) in [5.41, 5.74) is 0.794. The molecule has 1 heterocycles. The largest absolute Gasteiger partial charge is 0.339 e. The molecule has 0 saturated carbocycles. The lowest BCUT2D eigenvalue weighted by Gasteiger charge is -2.20. The Labute approximate surface area is 111 Å². The lowest BCUT2D eigenvalue weighted by molar-refractivity contribution is 0.0760. The first-order valence-electron chi connectivity index (χ1n) is 6.21. The number of benzene rings is 1. The summed E-state index contributed by atoms with van der Waals surface area (Å²) in [6.07, 6.45) is 3.50. The smallest absolute Gasteiger partial charge is 0.253 e. The zero-order valence-electron chi connectivity index (χ0n) is 10.2. The molecule has 2 nitrogen and oxygen atoms in total. The van der Waals surface area contributed by atoms with Crippen LogP contribution in [0.15, 0.2) is 28.7 Å². The van der Waals surface area contributed by atoms with Crippen molar-refractivity contribution in [2.24, 2.45) is 5.92 Å². The highest BCUT2D eigenvalue weighted by atomic mass is 79.9. The second kappa shape index (κ2) is 5.67. The Morgan fingerprint density at radius 3 is 2.65 bits per heavy atom. The third-order valence-corrected chi connectivity index (χ3v) is 3.92. The van der Waals surface area contributed by atoms with Crippen LogP contribution in [0.2, 0.25) is 0 Å². The van der Waals surface area contributed by atoms with E-state index in [9.17, 15) is 4.79 Å². The van der Waals surface area contributed by atoms with Gasteiger partial charge in [0, 0.05) is 23.1 Å². The first-order valence-corrected chi connectivity index (χ1v) is 7.01.